The largest absolute Gasteiger partial charge is 0.495 e. The number of nitrogens with one attached hydrogen (secondary N) is 1. The van der Waals surface area contributed by atoms with E-state index in [2.05, 4.69) is 5.32 Å². The van der Waals surface area contributed by atoms with Crippen LogP contribution in [-0.2, 0) is 9.59 Å². The van der Waals surface area contributed by atoms with E-state index in [1.807, 2.05) is 0 Å². The van der Waals surface area contributed by atoms with Gasteiger partial charge < -0.3 is 14.8 Å². The highest BCUT2D eigenvalue weighted by atomic mass is 35.5. The number of ether oxygens (including phenoxy) is 2. The van der Waals surface area contributed by atoms with Crippen LogP contribution in [0.4, 0.5) is 10.1 Å². The Bertz CT molecular complexity index is 792. The van der Waals surface area contributed by atoms with E-state index in [0.29, 0.717) is 16.5 Å². The monoisotopic (exact) mass is 349 g/mol. The number of halogens is 2. The van der Waals surface area contributed by atoms with E-state index in [1.54, 1.807) is 12.1 Å². The van der Waals surface area contributed by atoms with Crippen molar-refractivity contribution in [2.45, 2.75) is 0 Å². The number of rotatable bonds is 5. The number of carbonyl (C=O) groups is 2. The van der Waals surface area contributed by atoms with Crippen LogP contribution in [0.15, 0.2) is 54.6 Å². The molecule has 7 heteroatoms. The van der Waals surface area contributed by atoms with Crippen LogP contribution < -0.4 is 14.8 Å². The highest BCUT2D eigenvalue weighted by molar-refractivity contribution is 6.31. The Morgan fingerprint density at radius 3 is 2.67 bits per heavy atom. The molecule has 1 N–H and O–H groups in total. The summed E-state index contributed by atoms with van der Waals surface area (Å²) in [6, 6.07) is 9.83. The summed E-state index contributed by atoms with van der Waals surface area (Å²) < 4.78 is 22.9. The van der Waals surface area contributed by atoms with Crippen molar-refractivity contribution in [3.05, 3.63) is 65.5 Å². The zero-order valence-corrected chi connectivity index (χ0v) is 13.3. The van der Waals surface area contributed by atoms with Crippen LogP contribution in [0.3, 0.4) is 0 Å². The van der Waals surface area contributed by atoms with Crippen LogP contribution >= 0.6 is 11.6 Å². The lowest BCUT2D eigenvalue weighted by atomic mass is 10.3. The second-order valence-electron chi connectivity index (χ2n) is 4.55. The van der Waals surface area contributed by atoms with Gasteiger partial charge in [0.05, 0.1) is 12.8 Å². The zero-order chi connectivity index (χ0) is 17.5. The summed E-state index contributed by atoms with van der Waals surface area (Å²) >= 11 is 5.86. The molecule has 1 amide bonds. The topological polar surface area (TPSA) is 64.6 Å². The molecule has 5 nitrogen and oxygen atoms in total. The first-order valence-corrected chi connectivity index (χ1v) is 7.15. The van der Waals surface area contributed by atoms with E-state index in [0.717, 1.165) is 18.2 Å². The van der Waals surface area contributed by atoms with Crippen molar-refractivity contribution in [1.29, 1.82) is 0 Å². The van der Waals surface area contributed by atoms with E-state index >= 15 is 0 Å². The molecule has 0 spiro atoms. The summed E-state index contributed by atoms with van der Waals surface area (Å²) in [5, 5.41) is 2.94. The molecule has 0 saturated carbocycles. The van der Waals surface area contributed by atoms with Crippen molar-refractivity contribution in [1.82, 2.24) is 0 Å². The average molecular weight is 350 g/mol. The Labute approximate surface area is 142 Å². The zero-order valence-electron chi connectivity index (χ0n) is 12.6. The molecule has 2 aromatic rings. The number of methoxy groups -OCH3 is 1. The summed E-state index contributed by atoms with van der Waals surface area (Å²) in [7, 11) is 1.45. The third kappa shape index (κ3) is 5.10. The minimum absolute atomic E-state index is 0.0431. The molecule has 0 radical (unpaired) electrons. The lowest BCUT2D eigenvalue weighted by Gasteiger charge is -2.08. The summed E-state index contributed by atoms with van der Waals surface area (Å²) in [4.78, 5) is 23.4. The van der Waals surface area contributed by atoms with Gasteiger partial charge in [-0.05, 0) is 30.3 Å². The van der Waals surface area contributed by atoms with Crippen LogP contribution in [0.2, 0.25) is 5.02 Å². The highest BCUT2D eigenvalue weighted by Crippen LogP contribution is 2.27. The van der Waals surface area contributed by atoms with Gasteiger partial charge in [0.25, 0.3) is 0 Å². The number of benzene rings is 2. The number of carbonyl (C=O) groups excluding carboxylic acids is 2. The summed E-state index contributed by atoms with van der Waals surface area (Å²) in [5.74, 6) is -1.46. The van der Waals surface area contributed by atoms with Gasteiger partial charge in [-0.2, -0.15) is 0 Å². The molecule has 0 aliphatic carbocycles. The molecule has 2 rings (SSSR count). The van der Waals surface area contributed by atoms with Gasteiger partial charge in [-0.3, -0.25) is 4.79 Å². The summed E-state index contributed by atoms with van der Waals surface area (Å²) in [5.41, 5.74) is 0.359. The van der Waals surface area contributed by atoms with Crippen molar-refractivity contribution < 1.29 is 23.5 Å². The molecule has 0 aliphatic heterocycles. The molecule has 0 saturated heterocycles. The maximum atomic E-state index is 13.0. The molecule has 0 unspecified atom stereocenters. The SMILES string of the molecule is COc1ccc(Cl)cc1NC(=O)/C=C/C(=O)Oc1cccc(F)c1. The molecule has 124 valence electrons. The molecule has 24 heavy (non-hydrogen) atoms. The average Bonchev–Trinajstić information content (AvgIpc) is 2.53. The molecule has 0 heterocycles. The Kier molecular flexibility index (Phi) is 5.92. The Morgan fingerprint density at radius 2 is 1.96 bits per heavy atom. The fourth-order valence-corrected chi connectivity index (χ4v) is 1.95. The normalized spacial score (nSPS) is 10.5. The van der Waals surface area contributed by atoms with E-state index in [1.165, 1.54) is 31.4 Å². The molecular formula is C17H13ClFNO4. The standard InChI is InChI=1S/C17H13ClFNO4/c1-23-15-6-5-11(18)9-14(15)20-16(21)7-8-17(22)24-13-4-2-3-12(19)10-13/h2-10H,1H3,(H,20,21)/b8-7+. The molecular weight excluding hydrogens is 337 g/mol. The Hall–Kier alpha value is -2.86. The van der Waals surface area contributed by atoms with Gasteiger partial charge in [-0.1, -0.05) is 17.7 Å². The quantitative estimate of drug-likeness (QED) is 0.509. The van der Waals surface area contributed by atoms with Gasteiger partial charge in [0.2, 0.25) is 5.91 Å². The van der Waals surface area contributed by atoms with Crippen LogP contribution in [0.1, 0.15) is 0 Å². The number of anilines is 1. The van der Waals surface area contributed by atoms with Gasteiger partial charge in [-0.15, -0.1) is 0 Å². The highest BCUT2D eigenvalue weighted by Gasteiger charge is 2.07. The first-order chi connectivity index (χ1) is 11.5. The van der Waals surface area contributed by atoms with E-state index in [4.69, 9.17) is 21.1 Å². The predicted molar refractivity (Wildman–Crippen MR) is 87.8 cm³/mol. The summed E-state index contributed by atoms with van der Waals surface area (Å²) in [6.07, 6.45) is 1.92. The van der Waals surface area contributed by atoms with E-state index in [-0.39, 0.29) is 5.75 Å². The predicted octanol–water partition coefficient (Wildman–Crippen LogP) is 3.59. The fraction of sp³-hybridized carbons (Fsp3) is 0.0588. The van der Waals surface area contributed by atoms with E-state index < -0.39 is 17.7 Å². The van der Waals surface area contributed by atoms with Crippen molar-refractivity contribution in [3.63, 3.8) is 0 Å². The van der Waals surface area contributed by atoms with Crippen LogP contribution in [0, 0.1) is 5.82 Å². The maximum absolute atomic E-state index is 13.0. The molecule has 0 atom stereocenters. The third-order valence-electron chi connectivity index (χ3n) is 2.80. The number of hydrogen-bond donors (Lipinski definition) is 1. The number of esters is 1. The number of hydrogen-bond acceptors (Lipinski definition) is 4. The van der Waals surface area contributed by atoms with E-state index in [9.17, 15) is 14.0 Å². The molecule has 0 fully saturated rings. The van der Waals surface area contributed by atoms with Crippen molar-refractivity contribution in [3.8, 4) is 11.5 Å². The van der Waals surface area contributed by atoms with Crippen molar-refractivity contribution in [2.24, 2.45) is 0 Å². The van der Waals surface area contributed by atoms with Gasteiger partial charge in [0.15, 0.2) is 0 Å². The second kappa shape index (κ2) is 8.12. The molecule has 0 aromatic heterocycles. The molecule has 0 aliphatic rings. The van der Waals surface area contributed by atoms with Gasteiger partial charge in [0.1, 0.15) is 17.3 Å². The summed E-state index contributed by atoms with van der Waals surface area (Å²) in [6.45, 7) is 0. The van der Waals surface area contributed by atoms with Gasteiger partial charge >= 0.3 is 5.97 Å². The van der Waals surface area contributed by atoms with Crippen molar-refractivity contribution >= 4 is 29.2 Å². The van der Waals surface area contributed by atoms with Crippen molar-refractivity contribution in [2.75, 3.05) is 12.4 Å². The lowest BCUT2D eigenvalue weighted by Crippen LogP contribution is -2.11. The lowest BCUT2D eigenvalue weighted by molar-refractivity contribution is -0.129. The first-order valence-electron chi connectivity index (χ1n) is 6.78. The molecule has 2 aromatic carbocycles. The first kappa shape index (κ1) is 17.5. The van der Waals surface area contributed by atoms with Crippen LogP contribution in [0.5, 0.6) is 11.5 Å². The Morgan fingerprint density at radius 1 is 1.17 bits per heavy atom. The second-order valence-corrected chi connectivity index (χ2v) is 4.98. The minimum Gasteiger partial charge on any atom is -0.495 e. The Balaban J connectivity index is 1.97. The smallest absolute Gasteiger partial charge is 0.336 e. The maximum Gasteiger partial charge on any atom is 0.336 e. The van der Waals surface area contributed by atoms with Gasteiger partial charge in [-0.25, -0.2) is 9.18 Å². The van der Waals surface area contributed by atoms with Crippen LogP contribution in [-0.4, -0.2) is 19.0 Å². The third-order valence-corrected chi connectivity index (χ3v) is 3.04. The molecule has 0 bridgehead atoms. The number of amides is 1. The van der Waals surface area contributed by atoms with Crippen LogP contribution in [0.25, 0.3) is 0 Å². The minimum atomic E-state index is -0.811. The fourth-order valence-electron chi connectivity index (χ4n) is 1.78. The van der Waals surface area contributed by atoms with Gasteiger partial charge in [0, 0.05) is 23.2 Å².